The summed E-state index contributed by atoms with van der Waals surface area (Å²) in [5.41, 5.74) is 0.533. The van der Waals surface area contributed by atoms with E-state index in [9.17, 15) is 13.2 Å². The van der Waals surface area contributed by atoms with Crippen LogP contribution in [-0.2, 0) is 14.6 Å². The Bertz CT molecular complexity index is 537. The lowest BCUT2D eigenvalue weighted by Crippen LogP contribution is -2.27. The van der Waals surface area contributed by atoms with E-state index in [-0.39, 0.29) is 18.1 Å². The van der Waals surface area contributed by atoms with Gasteiger partial charge in [-0.25, -0.2) is 8.42 Å². The van der Waals surface area contributed by atoms with Crippen molar-refractivity contribution < 1.29 is 13.2 Å². The normalized spacial score (nSPS) is 11.3. The summed E-state index contributed by atoms with van der Waals surface area (Å²) in [6, 6.07) is 4.74. The van der Waals surface area contributed by atoms with Crippen molar-refractivity contribution in [1.29, 1.82) is 0 Å². The van der Waals surface area contributed by atoms with Crippen molar-refractivity contribution in [2.75, 3.05) is 24.0 Å². The van der Waals surface area contributed by atoms with E-state index >= 15 is 0 Å². The van der Waals surface area contributed by atoms with Crippen LogP contribution in [0.1, 0.15) is 6.42 Å². The Morgan fingerprint density at radius 2 is 1.72 bits per heavy atom. The predicted molar refractivity (Wildman–Crippen MR) is 74.2 cm³/mol. The SMILES string of the molecule is CN(C(=O)CCS(C)(=O)=O)c1cc(Cl)cc(Cl)c1. The van der Waals surface area contributed by atoms with E-state index in [0.29, 0.717) is 15.7 Å². The lowest BCUT2D eigenvalue weighted by atomic mass is 10.3. The number of anilines is 1. The Hall–Kier alpha value is -0.780. The van der Waals surface area contributed by atoms with Crippen LogP contribution in [0.3, 0.4) is 0 Å². The smallest absolute Gasteiger partial charge is 0.227 e. The summed E-state index contributed by atoms with van der Waals surface area (Å²) in [4.78, 5) is 13.1. The van der Waals surface area contributed by atoms with Crippen LogP contribution in [0.2, 0.25) is 10.0 Å². The first-order valence-electron chi connectivity index (χ1n) is 5.09. The molecule has 7 heteroatoms. The van der Waals surface area contributed by atoms with Gasteiger partial charge in [0.2, 0.25) is 5.91 Å². The van der Waals surface area contributed by atoms with Gasteiger partial charge in [0.25, 0.3) is 0 Å². The van der Waals surface area contributed by atoms with Crippen LogP contribution in [0.15, 0.2) is 18.2 Å². The Labute approximate surface area is 116 Å². The molecule has 4 nitrogen and oxygen atoms in total. The number of nitrogens with zero attached hydrogens (tertiary/aromatic N) is 1. The molecule has 0 spiro atoms. The van der Waals surface area contributed by atoms with Crippen molar-refractivity contribution >= 4 is 44.6 Å². The van der Waals surface area contributed by atoms with Gasteiger partial charge in [-0.1, -0.05) is 23.2 Å². The van der Waals surface area contributed by atoms with Gasteiger partial charge in [-0.05, 0) is 18.2 Å². The monoisotopic (exact) mass is 309 g/mol. The highest BCUT2D eigenvalue weighted by molar-refractivity contribution is 7.90. The fourth-order valence-corrected chi connectivity index (χ4v) is 2.38. The number of sulfone groups is 1. The van der Waals surface area contributed by atoms with Crippen molar-refractivity contribution in [3.05, 3.63) is 28.2 Å². The first-order valence-corrected chi connectivity index (χ1v) is 7.91. The second kappa shape index (κ2) is 5.91. The number of benzene rings is 1. The Morgan fingerprint density at radius 1 is 1.22 bits per heavy atom. The minimum Gasteiger partial charge on any atom is -0.315 e. The summed E-state index contributed by atoms with van der Waals surface area (Å²) in [7, 11) is -1.60. The van der Waals surface area contributed by atoms with Crippen molar-refractivity contribution in [2.24, 2.45) is 0 Å². The lowest BCUT2D eigenvalue weighted by Gasteiger charge is -2.17. The number of rotatable bonds is 4. The highest BCUT2D eigenvalue weighted by Crippen LogP contribution is 2.25. The summed E-state index contributed by atoms with van der Waals surface area (Å²) in [6.45, 7) is 0. The third kappa shape index (κ3) is 4.84. The summed E-state index contributed by atoms with van der Waals surface area (Å²) >= 11 is 11.7. The summed E-state index contributed by atoms with van der Waals surface area (Å²) in [6.07, 6.45) is 1.02. The van der Waals surface area contributed by atoms with Crippen molar-refractivity contribution in [1.82, 2.24) is 0 Å². The molecule has 0 fully saturated rings. The van der Waals surface area contributed by atoms with Gasteiger partial charge in [0.05, 0.1) is 5.75 Å². The van der Waals surface area contributed by atoms with Crippen molar-refractivity contribution in [2.45, 2.75) is 6.42 Å². The largest absolute Gasteiger partial charge is 0.315 e. The molecule has 0 unspecified atom stereocenters. The zero-order chi connectivity index (χ0) is 13.9. The Balaban J connectivity index is 2.80. The highest BCUT2D eigenvalue weighted by Gasteiger charge is 2.14. The standard InChI is InChI=1S/C11H13Cl2NO3S/c1-14(11(15)3-4-18(2,16)17)10-6-8(12)5-9(13)7-10/h5-7H,3-4H2,1-2H3. The van der Waals surface area contributed by atoms with Crippen LogP contribution >= 0.6 is 23.2 Å². The van der Waals surface area contributed by atoms with E-state index < -0.39 is 9.84 Å². The summed E-state index contributed by atoms with van der Waals surface area (Å²) in [5.74, 6) is -0.483. The highest BCUT2D eigenvalue weighted by atomic mass is 35.5. The molecule has 18 heavy (non-hydrogen) atoms. The number of carbonyl (C=O) groups is 1. The van der Waals surface area contributed by atoms with Crippen LogP contribution in [0.4, 0.5) is 5.69 Å². The Morgan fingerprint density at radius 3 is 2.17 bits per heavy atom. The maximum Gasteiger partial charge on any atom is 0.227 e. The van der Waals surface area contributed by atoms with E-state index in [2.05, 4.69) is 0 Å². The van der Waals surface area contributed by atoms with Gasteiger partial charge in [0.1, 0.15) is 9.84 Å². The second-order valence-corrected chi connectivity index (χ2v) is 7.09. The molecule has 0 saturated heterocycles. The fraction of sp³-hybridized carbons (Fsp3) is 0.364. The molecule has 0 N–H and O–H groups in total. The van der Waals surface area contributed by atoms with E-state index in [0.717, 1.165) is 6.26 Å². The molecular weight excluding hydrogens is 297 g/mol. The molecule has 0 aromatic heterocycles. The average molecular weight is 310 g/mol. The molecule has 0 aliphatic heterocycles. The third-order valence-corrected chi connectivity index (χ3v) is 3.68. The molecule has 1 rings (SSSR count). The van der Waals surface area contributed by atoms with Gasteiger partial charge in [-0.3, -0.25) is 4.79 Å². The number of hydrogen-bond donors (Lipinski definition) is 0. The number of carbonyl (C=O) groups excluding carboxylic acids is 1. The topological polar surface area (TPSA) is 54.5 Å². The van der Waals surface area contributed by atoms with E-state index in [1.165, 1.54) is 4.90 Å². The molecule has 1 aromatic rings. The summed E-state index contributed by atoms with van der Waals surface area (Å²) < 4.78 is 22.0. The summed E-state index contributed by atoms with van der Waals surface area (Å²) in [5, 5.41) is 0.834. The first-order chi connectivity index (χ1) is 8.19. The molecule has 0 saturated carbocycles. The predicted octanol–water partition coefficient (Wildman–Crippen LogP) is 2.39. The number of amides is 1. The van der Waals surface area contributed by atoms with Crippen LogP contribution in [0.5, 0.6) is 0 Å². The van der Waals surface area contributed by atoms with E-state index in [1.807, 2.05) is 0 Å². The zero-order valence-corrected chi connectivity index (χ0v) is 12.3. The first kappa shape index (κ1) is 15.3. The van der Waals surface area contributed by atoms with Crippen LogP contribution < -0.4 is 4.90 Å². The van der Waals surface area contributed by atoms with Gasteiger partial charge in [-0.15, -0.1) is 0 Å². The molecule has 0 aliphatic carbocycles. The van der Waals surface area contributed by atoms with Gasteiger partial charge in [0, 0.05) is 35.5 Å². The fourth-order valence-electron chi connectivity index (χ4n) is 1.32. The maximum atomic E-state index is 11.8. The maximum absolute atomic E-state index is 11.8. The molecule has 100 valence electrons. The number of halogens is 2. The van der Waals surface area contributed by atoms with Crippen LogP contribution in [0, 0.1) is 0 Å². The van der Waals surface area contributed by atoms with E-state index in [4.69, 9.17) is 23.2 Å². The molecule has 0 radical (unpaired) electrons. The number of hydrogen-bond acceptors (Lipinski definition) is 3. The molecule has 1 amide bonds. The molecule has 0 heterocycles. The second-order valence-electron chi connectivity index (χ2n) is 3.96. The lowest BCUT2D eigenvalue weighted by molar-refractivity contribution is -0.117. The van der Waals surface area contributed by atoms with Crippen molar-refractivity contribution in [3.8, 4) is 0 Å². The van der Waals surface area contributed by atoms with Crippen LogP contribution in [0.25, 0.3) is 0 Å². The Kier molecular flexibility index (Phi) is 5.01. The van der Waals surface area contributed by atoms with Gasteiger partial charge in [-0.2, -0.15) is 0 Å². The average Bonchev–Trinajstić information content (AvgIpc) is 2.22. The molecule has 0 atom stereocenters. The zero-order valence-electron chi connectivity index (χ0n) is 9.98. The molecular formula is C11H13Cl2NO3S. The van der Waals surface area contributed by atoms with Gasteiger partial charge in [0.15, 0.2) is 0 Å². The van der Waals surface area contributed by atoms with Crippen molar-refractivity contribution in [3.63, 3.8) is 0 Å². The third-order valence-electron chi connectivity index (χ3n) is 2.30. The van der Waals surface area contributed by atoms with Gasteiger partial charge < -0.3 is 4.90 Å². The quantitative estimate of drug-likeness (QED) is 0.858. The van der Waals surface area contributed by atoms with Crippen LogP contribution in [-0.4, -0.2) is 33.4 Å². The minimum atomic E-state index is -3.15. The molecule has 0 aliphatic rings. The minimum absolute atomic E-state index is 0.0700. The molecule has 0 bridgehead atoms. The van der Waals surface area contributed by atoms with Gasteiger partial charge >= 0.3 is 0 Å². The molecule has 1 aromatic carbocycles. The van der Waals surface area contributed by atoms with E-state index in [1.54, 1.807) is 25.2 Å².